The van der Waals surface area contributed by atoms with Crippen LogP contribution in [-0.2, 0) is 4.79 Å². The average molecular weight is 308 g/mol. The highest BCUT2D eigenvalue weighted by Crippen LogP contribution is 2.26. The third-order valence-corrected chi connectivity index (χ3v) is 4.48. The molecule has 0 fully saturated rings. The van der Waals surface area contributed by atoms with Crippen LogP contribution in [0, 0.1) is 24.0 Å². The van der Waals surface area contributed by atoms with Gasteiger partial charge in [-0.05, 0) is 45.7 Å². The first kappa shape index (κ1) is 18.1. The van der Waals surface area contributed by atoms with E-state index in [1.807, 2.05) is 0 Å². The van der Waals surface area contributed by atoms with Crippen molar-refractivity contribution in [2.24, 2.45) is 0 Å². The van der Waals surface area contributed by atoms with E-state index in [0.717, 1.165) is 24.1 Å². The fourth-order valence-corrected chi connectivity index (χ4v) is 2.73. The minimum Gasteiger partial charge on any atom is -0.321 e. The predicted molar refractivity (Wildman–Crippen MR) is 88.0 cm³/mol. The third kappa shape index (κ3) is 4.04. The van der Waals surface area contributed by atoms with E-state index in [1.54, 1.807) is 13.8 Å². The fourth-order valence-electron chi connectivity index (χ4n) is 2.73. The minimum atomic E-state index is -0.418. The van der Waals surface area contributed by atoms with Gasteiger partial charge in [0.25, 0.3) is 11.6 Å². The number of benzene rings is 1. The Morgan fingerprint density at radius 3 is 1.95 bits per heavy atom. The summed E-state index contributed by atoms with van der Waals surface area (Å²) in [6, 6.07) is 2.98. The van der Waals surface area contributed by atoms with E-state index < -0.39 is 4.92 Å². The summed E-state index contributed by atoms with van der Waals surface area (Å²) in [7, 11) is 0. The molecule has 0 bridgehead atoms. The Morgan fingerprint density at radius 2 is 1.59 bits per heavy atom. The first-order chi connectivity index (χ1) is 10.3. The van der Waals surface area contributed by atoms with Crippen LogP contribution in [0.15, 0.2) is 12.1 Å². The van der Waals surface area contributed by atoms with Crippen molar-refractivity contribution in [3.63, 3.8) is 0 Å². The Labute approximate surface area is 131 Å². The molecule has 0 aliphatic rings. The molecule has 0 atom stereocenters. The number of carbonyl (C=O) groups excluding carboxylic acids is 1. The van der Waals surface area contributed by atoms with E-state index in [0.29, 0.717) is 23.4 Å². The topological polar surface area (TPSA) is 72.2 Å². The van der Waals surface area contributed by atoms with Crippen LogP contribution in [0.4, 0.5) is 11.4 Å². The van der Waals surface area contributed by atoms with E-state index in [9.17, 15) is 14.9 Å². The Hall–Kier alpha value is -1.95. The number of hydrogen-bond donors (Lipinski definition) is 1. The summed E-state index contributed by atoms with van der Waals surface area (Å²) in [5.74, 6) is -0.0504. The highest BCUT2D eigenvalue weighted by Gasteiger charge is 2.25. The number of hydrogen-bond acceptors (Lipinski definition) is 3. The second kappa shape index (κ2) is 7.35. The zero-order valence-electron chi connectivity index (χ0n) is 14.1. The van der Waals surface area contributed by atoms with Crippen molar-refractivity contribution in [2.75, 3.05) is 31.5 Å². The number of anilines is 1. The van der Waals surface area contributed by atoms with Gasteiger partial charge in [0, 0.05) is 17.8 Å². The van der Waals surface area contributed by atoms with Crippen LogP contribution in [0.1, 0.15) is 31.9 Å². The quantitative estimate of drug-likeness (QED) is 0.478. The second-order valence-corrected chi connectivity index (χ2v) is 5.71. The normalized spacial score (nSPS) is 11.3. The molecule has 6 heteroatoms. The van der Waals surface area contributed by atoms with Crippen LogP contribution in [-0.4, -0.2) is 41.5 Å². The molecular formula is C16H26N3O3+. The monoisotopic (exact) mass is 308 g/mol. The number of likely N-dealkylation sites (N-methyl/N-ethyl adjacent to an activating group) is 1. The molecule has 0 spiro atoms. The second-order valence-electron chi connectivity index (χ2n) is 5.71. The lowest BCUT2D eigenvalue weighted by Gasteiger charge is -2.35. The first-order valence-corrected chi connectivity index (χ1v) is 7.69. The molecule has 0 aliphatic carbocycles. The van der Waals surface area contributed by atoms with Gasteiger partial charge in [-0.3, -0.25) is 14.9 Å². The molecule has 0 saturated heterocycles. The van der Waals surface area contributed by atoms with Crippen LogP contribution in [0.5, 0.6) is 0 Å². The minimum absolute atomic E-state index is 0.0498. The number of quaternary nitrogens is 1. The molecule has 1 aromatic rings. The maximum absolute atomic E-state index is 12.4. The SMILES string of the molecule is CC[N+](CC)(CC)CC(=O)Nc1c(C)cc([N+](=O)[O-])cc1C. The molecule has 1 N–H and O–H groups in total. The van der Waals surface area contributed by atoms with Crippen LogP contribution in [0.3, 0.4) is 0 Å². The lowest BCUT2D eigenvalue weighted by atomic mass is 10.1. The number of amides is 1. The number of nitrogens with one attached hydrogen (secondary N) is 1. The number of nitro benzene ring substituents is 1. The molecule has 0 unspecified atom stereocenters. The summed E-state index contributed by atoms with van der Waals surface area (Å²) in [4.78, 5) is 22.8. The van der Waals surface area contributed by atoms with E-state index in [2.05, 4.69) is 26.1 Å². The number of carbonyl (C=O) groups is 1. The van der Waals surface area contributed by atoms with Gasteiger partial charge in [0.2, 0.25) is 0 Å². The number of rotatable bonds is 7. The van der Waals surface area contributed by atoms with Crippen molar-refractivity contribution < 1.29 is 14.2 Å². The lowest BCUT2D eigenvalue weighted by Crippen LogP contribution is -2.52. The maximum atomic E-state index is 12.4. The number of nitrogens with zero attached hydrogens (tertiary/aromatic N) is 2. The predicted octanol–water partition coefficient (Wildman–Crippen LogP) is 3.03. The van der Waals surface area contributed by atoms with E-state index in [1.165, 1.54) is 12.1 Å². The summed E-state index contributed by atoms with van der Waals surface area (Å²) < 4.78 is 0.733. The van der Waals surface area contributed by atoms with Crippen molar-refractivity contribution in [2.45, 2.75) is 34.6 Å². The number of non-ortho nitro benzene ring substituents is 1. The smallest absolute Gasteiger partial charge is 0.279 e. The van der Waals surface area contributed by atoms with Gasteiger partial charge in [-0.2, -0.15) is 0 Å². The molecule has 1 amide bonds. The van der Waals surface area contributed by atoms with Gasteiger partial charge in [0.05, 0.1) is 24.6 Å². The zero-order chi connectivity index (χ0) is 16.9. The summed E-state index contributed by atoms with van der Waals surface area (Å²) in [6.07, 6.45) is 0. The Balaban J connectivity index is 2.96. The summed E-state index contributed by atoms with van der Waals surface area (Å²) in [6.45, 7) is 12.9. The van der Waals surface area contributed by atoms with Crippen molar-refractivity contribution in [3.8, 4) is 0 Å². The number of nitro groups is 1. The van der Waals surface area contributed by atoms with Crippen LogP contribution >= 0.6 is 0 Å². The van der Waals surface area contributed by atoms with E-state index in [-0.39, 0.29) is 11.6 Å². The Kier molecular flexibility index (Phi) is 6.05. The van der Waals surface area contributed by atoms with Gasteiger partial charge >= 0.3 is 0 Å². The van der Waals surface area contributed by atoms with Crippen LogP contribution in [0.2, 0.25) is 0 Å². The molecule has 0 aliphatic heterocycles. The van der Waals surface area contributed by atoms with Gasteiger partial charge in [0.15, 0.2) is 6.54 Å². The van der Waals surface area contributed by atoms with Crippen LogP contribution < -0.4 is 5.32 Å². The molecule has 0 heterocycles. The van der Waals surface area contributed by atoms with Gasteiger partial charge in [0.1, 0.15) is 0 Å². The molecule has 6 nitrogen and oxygen atoms in total. The molecular weight excluding hydrogens is 282 g/mol. The highest BCUT2D eigenvalue weighted by molar-refractivity contribution is 5.93. The summed E-state index contributed by atoms with van der Waals surface area (Å²) in [5.41, 5.74) is 2.15. The van der Waals surface area contributed by atoms with Crippen molar-refractivity contribution in [3.05, 3.63) is 33.4 Å². The molecule has 0 saturated carbocycles. The van der Waals surface area contributed by atoms with Gasteiger partial charge in [-0.1, -0.05) is 0 Å². The fraction of sp³-hybridized carbons (Fsp3) is 0.562. The highest BCUT2D eigenvalue weighted by atomic mass is 16.6. The van der Waals surface area contributed by atoms with Crippen molar-refractivity contribution in [1.29, 1.82) is 0 Å². The summed E-state index contributed by atoms with van der Waals surface area (Å²) in [5, 5.41) is 13.8. The largest absolute Gasteiger partial charge is 0.321 e. The van der Waals surface area contributed by atoms with Gasteiger partial charge in [-0.15, -0.1) is 0 Å². The molecule has 1 rings (SSSR count). The van der Waals surface area contributed by atoms with E-state index >= 15 is 0 Å². The molecule has 1 aromatic carbocycles. The van der Waals surface area contributed by atoms with Crippen LogP contribution in [0.25, 0.3) is 0 Å². The Bertz CT molecular complexity index is 534. The first-order valence-electron chi connectivity index (χ1n) is 7.69. The number of aryl methyl sites for hydroxylation is 2. The molecule has 22 heavy (non-hydrogen) atoms. The van der Waals surface area contributed by atoms with Crippen molar-refractivity contribution in [1.82, 2.24) is 0 Å². The zero-order valence-corrected chi connectivity index (χ0v) is 14.1. The standard InChI is InChI=1S/C16H25N3O3/c1-6-19(7-2,8-3)11-15(20)17-16-12(4)9-14(18(21)22)10-13(16)5/h9-10H,6-8,11H2,1-5H3/p+1. The molecule has 0 aromatic heterocycles. The van der Waals surface area contributed by atoms with E-state index in [4.69, 9.17) is 0 Å². The van der Waals surface area contributed by atoms with Gasteiger partial charge in [-0.25, -0.2) is 0 Å². The average Bonchev–Trinajstić information content (AvgIpc) is 2.48. The lowest BCUT2D eigenvalue weighted by molar-refractivity contribution is -0.915. The molecule has 122 valence electrons. The van der Waals surface area contributed by atoms with Crippen molar-refractivity contribution >= 4 is 17.3 Å². The van der Waals surface area contributed by atoms with Gasteiger partial charge < -0.3 is 9.80 Å². The third-order valence-electron chi connectivity index (χ3n) is 4.48. The maximum Gasteiger partial charge on any atom is 0.279 e. The summed E-state index contributed by atoms with van der Waals surface area (Å²) >= 11 is 0. The molecule has 0 radical (unpaired) electrons. The Morgan fingerprint density at radius 1 is 1.14 bits per heavy atom.